The summed E-state index contributed by atoms with van der Waals surface area (Å²) in [5.74, 6) is -0.787. The van der Waals surface area contributed by atoms with E-state index in [0.29, 0.717) is 12.2 Å². The lowest BCUT2D eigenvalue weighted by molar-refractivity contribution is 0.104. The van der Waals surface area contributed by atoms with Crippen molar-refractivity contribution in [2.75, 3.05) is 7.11 Å². The maximum absolute atomic E-state index is 13.9. The van der Waals surface area contributed by atoms with Gasteiger partial charge in [-0.05, 0) is 48.0 Å². The number of benzene rings is 2. The molecule has 0 N–H and O–H groups in total. The molecule has 2 aromatic heterocycles. The summed E-state index contributed by atoms with van der Waals surface area (Å²) < 4.78 is 20.7. The fourth-order valence-corrected chi connectivity index (χ4v) is 3.22. The number of carbonyl (C=O) groups excluding carboxylic acids is 1. The van der Waals surface area contributed by atoms with Gasteiger partial charge in [-0.25, -0.2) is 4.39 Å². The van der Waals surface area contributed by atoms with Gasteiger partial charge in [-0.15, -0.1) is 0 Å². The monoisotopic (exact) mass is 413 g/mol. The first-order valence-electron chi connectivity index (χ1n) is 9.72. The van der Waals surface area contributed by atoms with E-state index in [9.17, 15) is 9.18 Å². The van der Waals surface area contributed by atoms with Gasteiger partial charge in [0.25, 0.3) is 0 Å². The number of carbonyl (C=O) groups is 1. The summed E-state index contributed by atoms with van der Waals surface area (Å²) in [5.41, 5.74) is 3.69. The zero-order valence-corrected chi connectivity index (χ0v) is 16.9. The second kappa shape index (κ2) is 9.17. The third-order valence-electron chi connectivity index (χ3n) is 4.76. The lowest BCUT2D eigenvalue weighted by atomic mass is 10.1. The van der Waals surface area contributed by atoms with Crippen LogP contribution in [-0.4, -0.2) is 27.7 Å². The van der Waals surface area contributed by atoms with Crippen LogP contribution in [0.15, 0.2) is 85.3 Å². The third kappa shape index (κ3) is 4.75. The minimum atomic E-state index is -0.575. The van der Waals surface area contributed by atoms with Crippen LogP contribution < -0.4 is 4.74 Å². The summed E-state index contributed by atoms with van der Waals surface area (Å²) in [7, 11) is 1.38. The summed E-state index contributed by atoms with van der Waals surface area (Å²) >= 11 is 0. The highest BCUT2D eigenvalue weighted by Crippen LogP contribution is 2.24. The molecule has 154 valence electrons. The number of methoxy groups -OCH3 is 1. The van der Waals surface area contributed by atoms with Gasteiger partial charge >= 0.3 is 0 Å². The van der Waals surface area contributed by atoms with Crippen LogP contribution >= 0.6 is 0 Å². The highest BCUT2D eigenvalue weighted by atomic mass is 19.1. The number of halogens is 1. The van der Waals surface area contributed by atoms with Crippen LogP contribution in [0.3, 0.4) is 0 Å². The number of hydrogen-bond acceptors (Lipinski definition) is 4. The predicted molar refractivity (Wildman–Crippen MR) is 117 cm³/mol. The molecule has 0 saturated heterocycles. The van der Waals surface area contributed by atoms with Crippen molar-refractivity contribution in [3.63, 3.8) is 0 Å². The summed E-state index contributed by atoms with van der Waals surface area (Å²) in [6.45, 7) is 0.597. The molecule has 0 spiro atoms. The third-order valence-corrected chi connectivity index (χ3v) is 4.76. The van der Waals surface area contributed by atoms with Gasteiger partial charge in [0, 0.05) is 35.3 Å². The smallest absolute Gasteiger partial charge is 0.185 e. The highest BCUT2D eigenvalue weighted by Gasteiger charge is 2.12. The molecule has 0 fully saturated rings. The zero-order chi connectivity index (χ0) is 21.6. The van der Waals surface area contributed by atoms with Crippen LogP contribution in [0.1, 0.15) is 21.5 Å². The Labute approximate surface area is 179 Å². The standard InChI is InChI=1S/C25H20FN3O2/c1-31-24-12-10-19(14-22(24)26)23(30)11-9-21-17-29(16-18-6-3-2-4-7-18)28-25(21)20-8-5-13-27-15-20/h2-15,17H,16H2,1H3/b11-9+. The Kier molecular flexibility index (Phi) is 5.98. The SMILES string of the molecule is COc1ccc(C(=O)/C=C/c2cn(Cc3ccccc3)nc2-c2cccnc2)cc1F. The van der Waals surface area contributed by atoms with E-state index >= 15 is 0 Å². The van der Waals surface area contributed by atoms with E-state index in [1.54, 1.807) is 18.5 Å². The van der Waals surface area contributed by atoms with Crippen LogP contribution in [0, 0.1) is 5.82 Å². The van der Waals surface area contributed by atoms with E-state index in [1.165, 1.54) is 31.4 Å². The number of ether oxygens (including phenoxy) is 1. The molecule has 4 rings (SSSR count). The quantitative estimate of drug-likeness (QED) is 0.315. The molecule has 2 aromatic carbocycles. The molecular weight excluding hydrogens is 393 g/mol. The van der Waals surface area contributed by atoms with Gasteiger partial charge in [0.2, 0.25) is 0 Å². The number of rotatable bonds is 7. The zero-order valence-electron chi connectivity index (χ0n) is 16.9. The molecule has 0 radical (unpaired) electrons. The van der Waals surface area contributed by atoms with Crippen molar-refractivity contribution in [3.8, 4) is 17.0 Å². The van der Waals surface area contributed by atoms with Crippen molar-refractivity contribution >= 4 is 11.9 Å². The van der Waals surface area contributed by atoms with Gasteiger partial charge in [0.05, 0.1) is 13.7 Å². The van der Waals surface area contributed by atoms with E-state index in [1.807, 2.05) is 53.3 Å². The molecule has 0 amide bonds. The summed E-state index contributed by atoms with van der Waals surface area (Å²) in [6, 6.07) is 17.9. The largest absolute Gasteiger partial charge is 0.494 e. The Morgan fingerprint density at radius 1 is 1.13 bits per heavy atom. The molecule has 2 heterocycles. The van der Waals surface area contributed by atoms with Crippen LogP contribution in [0.25, 0.3) is 17.3 Å². The average molecular weight is 413 g/mol. The van der Waals surface area contributed by atoms with E-state index in [0.717, 1.165) is 16.7 Å². The molecule has 5 nitrogen and oxygen atoms in total. The Morgan fingerprint density at radius 3 is 2.68 bits per heavy atom. The first-order valence-corrected chi connectivity index (χ1v) is 9.72. The van der Waals surface area contributed by atoms with Gasteiger partial charge in [0.1, 0.15) is 5.69 Å². The van der Waals surface area contributed by atoms with E-state index in [4.69, 9.17) is 9.84 Å². The van der Waals surface area contributed by atoms with Crippen molar-refractivity contribution in [2.24, 2.45) is 0 Å². The summed E-state index contributed by atoms with van der Waals surface area (Å²) in [6.07, 6.45) is 8.43. The molecule has 4 aromatic rings. The first-order chi connectivity index (χ1) is 15.1. The van der Waals surface area contributed by atoms with Crippen LogP contribution in [0.5, 0.6) is 5.75 Å². The van der Waals surface area contributed by atoms with Gasteiger partial charge in [-0.1, -0.05) is 30.3 Å². The average Bonchev–Trinajstić information content (AvgIpc) is 3.21. The van der Waals surface area contributed by atoms with Crippen molar-refractivity contribution in [1.82, 2.24) is 14.8 Å². The summed E-state index contributed by atoms with van der Waals surface area (Å²) in [4.78, 5) is 16.8. The molecule has 0 aliphatic carbocycles. The number of ketones is 1. The van der Waals surface area contributed by atoms with E-state index in [2.05, 4.69) is 4.98 Å². The highest BCUT2D eigenvalue weighted by molar-refractivity contribution is 6.07. The Balaban J connectivity index is 1.64. The molecular formula is C25H20FN3O2. The molecule has 6 heteroatoms. The second-order valence-corrected chi connectivity index (χ2v) is 6.90. The lowest BCUT2D eigenvalue weighted by Gasteiger charge is -2.02. The first kappa shape index (κ1) is 20.2. The molecule has 0 aliphatic heterocycles. The molecule has 0 aliphatic rings. The number of hydrogen-bond donors (Lipinski definition) is 0. The number of aromatic nitrogens is 3. The normalized spacial score (nSPS) is 11.0. The van der Waals surface area contributed by atoms with Crippen LogP contribution in [-0.2, 0) is 6.54 Å². The fraction of sp³-hybridized carbons (Fsp3) is 0.0800. The van der Waals surface area contributed by atoms with Crippen LogP contribution in [0.2, 0.25) is 0 Å². The molecule has 0 unspecified atom stereocenters. The van der Waals surface area contributed by atoms with Crippen molar-refractivity contribution in [3.05, 3.63) is 108 Å². The van der Waals surface area contributed by atoms with Gasteiger partial charge < -0.3 is 4.74 Å². The molecule has 31 heavy (non-hydrogen) atoms. The van der Waals surface area contributed by atoms with Gasteiger partial charge in [-0.3, -0.25) is 14.5 Å². The lowest BCUT2D eigenvalue weighted by Crippen LogP contribution is -2.00. The predicted octanol–water partition coefficient (Wildman–Crippen LogP) is 5.04. The van der Waals surface area contributed by atoms with Gasteiger partial charge in [0.15, 0.2) is 17.3 Å². The summed E-state index contributed by atoms with van der Waals surface area (Å²) in [5, 5.41) is 4.70. The number of nitrogens with zero attached hydrogens (tertiary/aromatic N) is 3. The molecule has 0 atom stereocenters. The number of pyridine rings is 1. The van der Waals surface area contributed by atoms with E-state index in [-0.39, 0.29) is 17.1 Å². The Bertz CT molecular complexity index is 1220. The van der Waals surface area contributed by atoms with Crippen molar-refractivity contribution in [2.45, 2.75) is 6.54 Å². The fourth-order valence-electron chi connectivity index (χ4n) is 3.22. The van der Waals surface area contributed by atoms with Gasteiger partial charge in [-0.2, -0.15) is 5.10 Å². The van der Waals surface area contributed by atoms with Crippen molar-refractivity contribution in [1.29, 1.82) is 0 Å². The Morgan fingerprint density at radius 2 is 1.97 bits per heavy atom. The van der Waals surface area contributed by atoms with Crippen molar-refractivity contribution < 1.29 is 13.9 Å². The number of allylic oxidation sites excluding steroid dienone is 1. The second-order valence-electron chi connectivity index (χ2n) is 6.90. The molecule has 0 bridgehead atoms. The van der Waals surface area contributed by atoms with E-state index < -0.39 is 5.82 Å². The topological polar surface area (TPSA) is 57.0 Å². The minimum Gasteiger partial charge on any atom is -0.494 e. The molecule has 0 saturated carbocycles. The van der Waals surface area contributed by atoms with Crippen LogP contribution in [0.4, 0.5) is 4.39 Å². The maximum atomic E-state index is 13.9. The minimum absolute atomic E-state index is 0.0987. The maximum Gasteiger partial charge on any atom is 0.185 e. The Hall–Kier alpha value is -4.06.